The predicted molar refractivity (Wildman–Crippen MR) is 143 cm³/mol. The van der Waals surface area contributed by atoms with Gasteiger partial charge in [0, 0.05) is 40.7 Å². The summed E-state index contributed by atoms with van der Waals surface area (Å²) >= 11 is 25.6. The molecular weight excluding hydrogens is 461 g/mol. The molecule has 0 aliphatic heterocycles. The van der Waals surface area contributed by atoms with Crippen LogP contribution in [0.15, 0.2) is 18.3 Å². The second-order valence-electron chi connectivity index (χ2n) is 6.20. The third-order valence-corrected chi connectivity index (χ3v) is 6.21. The number of unbranched alkanes of at least 4 members (excludes halogenated alkanes) is 1. The van der Waals surface area contributed by atoms with E-state index in [1.54, 1.807) is 0 Å². The Hall–Kier alpha value is 0.400. The van der Waals surface area contributed by atoms with E-state index in [0.29, 0.717) is 23.0 Å². The third-order valence-electron chi connectivity index (χ3n) is 4.24. The minimum atomic E-state index is 0.669. The van der Waals surface area contributed by atoms with Crippen LogP contribution in [0.25, 0.3) is 0 Å². The highest BCUT2D eigenvalue weighted by molar-refractivity contribution is 7.80. The van der Waals surface area contributed by atoms with Gasteiger partial charge in [0.25, 0.3) is 0 Å². The molecule has 0 aromatic carbocycles. The topological polar surface area (TPSA) is 25.8 Å². The molecule has 0 fully saturated rings. The van der Waals surface area contributed by atoms with Gasteiger partial charge in [-0.25, -0.2) is 0 Å². The smallest absolute Gasteiger partial charge is 0.0540 e. The molecule has 8 heteroatoms. The SMILES string of the molecule is CCCCc1c(CS)cc(CS)nc1CS.SCc1cnc(CS)c(CS)c1. The minimum absolute atomic E-state index is 0.669. The van der Waals surface area contributed by atoms with E-state index in [2.05, 4.69) is 105 Å². The van der Waals surface area contributed by atoms with Crippen LogP contribution in [-0.2, 0) is 40.9 Å². The highest BCUT2D eigenvalue weighted by atomic mass is 32.1. The van der Waals surface area contributed by atoms with Crippen molar-refractivity contribution in [2.75, 3.05) is 0 Å². The van der Waals surface area contributed by atoms with Crippen molar-refractivity contribution in [3.05, 3.63) is 57.7 Å². The zero-order chi connectivity index (χ0) is 20.9. The van der Waals surface area contributed by atoms with Crippen molar-refractivity contribution >= 4 is 75.8 Å². The summed E-state index contributed by atoms with van der Waals surface area (Å²) in [6.45, 7) is 2.20. The molecule has 0 N–H and O–H groups in total. The molecule has 2 nitrogen and oxygen atoms in total. The zero-order valence-corrected chi connectivity index (χ0v) is 21.5. The van der Waals surface area contributed by atoms with Crippen LogP contribution in [0.5, 0.6) is 0 Å². The number of rotatable bonds is 9. The average molecular weight is 491 g/mol. The Morgan fingerprint density at radius 3 is 1.93 bits per heavy atom. The first kappa shape index (κ1) is 26.4. The van der Waals surface area contributed by atoms with E-state index in [-0.39, 0.29) is 0 Å². The van der Waals surface area contributed by atoms with Gasteiger partial charge in [0.15, 0.2) is 0 Å². The maximum absolute atomic E-state index is 4.58. The highest BCUT2D eigenvalue weighted by Crippen LogP contribution is 2.21. The summed E-state index contributed by atoms with van der Waals surface area (Å²) < 4.78 is 0. The van der Waals surface area contributed by atoms with Gasteiger partial charge >= 0.3 is 0 Å². The summed E-state index contributed by atoms with van der Waals surface area (Å²) in [5.41, 5.74) is 8.06. The lowest BCUT2D eigenvalue weighted by Gasteiger charge is -2.13. The van der Waals surface area contributed by atoms with E-state index in [1.807, 2.05) is 6.20 Å². The first-order valence-corrected chi connectivity index (χ1v) is 13.0. The quantitative estimate of drug-likeness (QED) is 0.240. The van der Waals surface area contributed by atoms with Crippen LogP contribution in [-0.4, -0.2) is 9.97 Å². The molecule has 0 aliphatic rings. The monoisotopic (exact) mass is 490 g/mol. The van der Waals surface area contributed by atoms with Crippen molar-refractivity contribution in [3.8, 4) is 0 Å². The van der Waals surface area contributed by atoms with Gasteiger partial charge in [0.1, 0.15) is 0 Å². The van der Waals surface area contributed by atoms with Gasteiger partial charge in [-0.1, -0.05) is 19.4 Å². The summed E-state index contributed by atoms with van der Waals surface area (Å²) in [5, 5.41) is 0. The standard InChI is InChI=1S/C12H19NS3.C8H11NS3/c1-2-3-4-11-9(6-14)5-10(7-15)13-12(11)8-16;10-3-6-1-7(4-11)8(5-12)9-2-6/h5,14-16H,2-4,6-8H2,1H3;1-2,10-12H,3-5H2. The maximum Gasteiger partial charge on any atom is 0.0540 e. The van der Waals surface area contributed by atoms with Crippen molar-refractivity contribution in [2.45, 2.75) is 60.7 Å². The van der Waals surface area contributed by atoms with Gasteiger partial charge in [-0.05, 0) is 41.2 Å². The van der Waals surface area contributed by atoms with Crippen LogP contribution in [0, 0.1) is 0 Å². The second kappa shape index (κ2) is 15.2. The van der Waals surface area contributed by atoms with E-state index >= 15 is 0 Å². The molecule has 0 spiro atoms. The van der Waals surface area contributed by atoms with Crippen LogP contribution in [0.1, 0.15) is 59.1 Å². The van der Waals surface area contributed by atoms with E-state index in [1.165, 1.54) is 24.0 Å². The van der Waals surface area contributed by atoms with Gasteiger partial charge in [-0.2, -0.15) is 75.8 Å². The third kappa shape index (κ3) is 8.26. The molecule has 2 rings (SSSR count). The molecule has 0 saturated carbocycles. The number of thiol groups is 6. The van der Waals surface area contributed by atoms with Gasteiger partial charge in [0.2, 0.25) is 0 Å². The first-order chi connectivity index (χ1) is 13.6. The average Bonchev–Trinajstić information content (AvgIpc) is 2.76. The van der Waals surface area contributed by atoms with Crippen LogP contribution < -0.4 is 0 Å². The van der Waals surface area contributed by atoms with Crippen LogP contribution >= 0.6 is 75.8 Å². The lowest BCUT2D eigenvalue weighted by molar-refractivity contribution is 0.778. The van der Waals surface area contributed by atoms with Crippen LogP contribution in [0.3, 0.4) is 0 Å². The van der Waals surface area contributed by atoms with Gasteiger partial charge < -0.3 is 0 Å². The Bertz CT molecular complexity index is 699. The van der Waals surface area contributed by atoms with Crippen molar-refractivity contribution in [1.29, 1.82) is 0 Å². The molecule has 2 aromatic heterocycles. The summed E-state index contributed by atoms with van der Waals surface area (Å²) in [6.07, 6.45) is 5.32. The molecule has 0 saturated heterocycles. The maximum atomic E-state index is 4.58. The molecule has 0 aliphatic carbocycles. The molecule has 156 valence electrons. The molecule has 0 unspecified atom stereocenters. The van der Waals surface area contributed by atoms with Crippen molar-refractivity contribution in [3.63, 3.8) is 0 Å². The van der Waals surface area contributed by atoms with Crippen molar-refractivity contribution < 1.29 is 0 Å². The Morgan fingerprint density at radius 2 is 1.43 bits per heavy atom. The lowest BCUT2D eigenvalue weighted by atomic mass is 10.0. The van der Waals surface area contributed by atoms with Gasteiger partial charge in [0.05, 0.1) is 17.1 Å². The van der Waals surface area contributed by atoms with Crippen molar-refractivity contribution in [1.82, 2.24) is 9.97 Å². The summed E-state index contributed by atoms with van der Waals surface area (Å²) in [7, 11) is 0. The van der Waals surface area contributed by atoms with Crippen LogP contribution in [0.2, 0.25) is 0 Å². The molecule has 0 atom stereocenters. The fraction of sp³-hybridized carbons (Fsp3) is 0.500. The fourth-order valence-corrected chi connectivity index (χ4v) is 4.15. The number of hydrogen-bond acceptors (Lipinski definition) is 8. The minimum Gasteiger partial charge on any atom is -0.260 e. The number of nitrogens with zero attached hydrogens (tertiary/aromatic N) is 2. The normalized spacial score (nSPS) is 10.5. The van der Waals surface area contributed by atoms with E-state index in [4.69, 9.17) is 0 Å². The fourth-order valence-electron chi connectivity index (χ4n) is 2.71. The number of hydrogen-bond donors (Lipinski definition) is 6. The number of pyridine rings is 2. The summed E-state index contributed by atoms with van der Waals surface area (Å²) in [5.74, 6) is 4.24. The second-order valence-corrected chi connectivity index (χ2v) is 8.10. The molecule has 2 aromatic rings. The van der Waals surface area contributed by atoms with E-state index < -0.39 is 0 Å². The Kier molecular flexibility index (Phi) is 14.4. The molecule has 2 heterocycles. The Labute approximate surface area is 203 Å². The van der Waals surface area contributed by atoms with Crippen LogP contribution in [0.4, 0.5) is 0 Å². The predicted octanol–water partition coefficient (Wildman–Crippen LogP) is 6.08. The largest absolute Gasteiger partial charge is 0.260 e. The number of aromatic nitrogens is 2. The Balaban J connectivity index is 0.000000292. The van der Waals surface area contributed by atoms with Crippen molar-refractivity contribution in [2.24, 2.45) is 0 Å². The Morgan fingerprint density at radius 1 is 0.750 bits per heavy atom. The highest BCUT2D eigenvalue weighted by Gasteiger charge is 2.10. The summed E-state index contributed by atoms with van der Waals surface area (Å²) in [6, 6.07) is 4.20. The van der Waals surface area contributed by atoms with Gasteiger partial charge in [-0.15, -0.1) is 0 Å². The first-order valence-electron chi connectivity index (χ1n) is 9.20. The lowest BCUT2D eigenvalue weighted by Crippen LogP contribution is -2.04. The zero-order valence-electron chi connectivity index (χ0n) is 16.2. The molecule has 0 amide bonds. The van der Waals surface area contributed by atoms with E-state index in [9.17, 15) is 0 Å². The van der Waals surface area contributed by atoms with Gasteiger partial charge in [-0.3, -0.25) is 9.97 Å². The molecule has 28 heavy (non-hydrogen) atoms. The summed E-state index contributed by atoms with van der Waals surface area (Å²) in [4.78, 5) is 8.85. The molecule has 0 radical (unpaired) electrons. The molecule has 0 bridgehead atoms. The van der Waals surface area contributed by atoms with E-state index in [0.717, 1.165) is 46.1 Å². The molecular formula is C20H30N2S6.